The zero-order valence-corrected chi connectivity index (χ0v) is 10.1. The van der Waals surface area contributed by atoms with Crippen molar-refractivity contribution in [1.82, 2.24) is 14.9 Å². The van der Waals surface area contributed by atoms with Crippen LogP contribution in [0.3, 0.4) is 0 Å². The van der Waals surface area contributed by atoms with Crippen LogP contribution >= 0.6 is 0 Å². The number of urea groups is 1. The van der Waals surface area contributed by atoms with Gasteiger partial charge in [-0.25, -0.2) is 14.6 Å². The van der Waals surface area contributed by atoms with Gasteiger partial charge in [0.15, 0.2) is 0 Å². The van der Waals surface area contributed by atoms with E-state index in [2.05, 4.69) is 15.6 Å². The van der Waals surface area contributed by atoms with Gasteiger partial charge in [0.05, 0.1) is 12.8 Å². The predicted octanol–water partition coefficient (Wildman–Crippen LogP) is 0.738. The summed E-state index contributed by atoms with van der Waals surface area (Å²) in [6, 6.07) is -0.364. The quantitative estimate of drug-likeness (QED) is 0.760. The fourth-order valence-corrected chi connectivity index (χ4v) is 1.23. The SMILES string of the molecule is CCNC(=O)Nc1ncc(C(=O)OCC)n1C. The minimum absolute atomic E-state index is 0.290. The van der Waals surface area contributed by atoms with E-state index in [0.29, 0.717) is 24.8 Å². The van der Waals surface area contributed by atoms with Crippen molar-refractivity contribution < 1.29 is 14.3 Å². The Balaban J connectivity index is 2.77. The Morgan fingerprint density at radius 2 is 2.18 bits per heavy atom. The van der Waals surface area contributed by atoms with E-state index in [9.17, 15) is 9.59 Å². The third kappa shape index (κ3) is 3.20. The Labute approximate surface area is 99.2 Å². The van der Waals surface area contributed by atoms with Gasteiger partial charge in [0.25, 0.3) is 0 Å². The minimum atomic E-state index is -0.466. The second kappa shape index (κ2) is 5.88. The first-order valence-electron chi connectivity index (χ1n) is 5.33. The Kier molecular flexibility index (Phi) is 4.50. The second-order valence-corrected chi connectivity index (χ2v) is 3.23. The second-order valence-electron chi connectivity index (χ2n) is 3.23. The van der Waals surface area contributed by atoms with Gasteiger partial charge in [0.1, 0.15) is 5.69 Å². The molecule has 1 rings (SSSR count). The molecule has 0 unspecified atom stereocenters. The molecule has 0 spiro atoms. The summed E-state index contributed by atoms with van der Waals surface area (Å²) >= 11 is 0. The van der Waals surface area contributed by atoms with Crippen LogP contribution in [-0.4, -0.2) is 34.7 Å². The van der Waals surface area contributed by atoms with Crippen molar-refractivity contribution in [3.8, 4) is 0 Å². The lowest BCUT2D eigenvalue weighted by atomic mass is 10.5. The van der Waals surface area contributed by atoms with Crippen LogP contribution < -0.4 is 10.6 Å². The standard InChI is InChI=1S/C10H16N4O3/c1-4-11-10(16)13-9-12-6-7(14(9)3)8(15)17-5-2/h6H,4-5H2,1-3H3,(H2,11,12,13,16). The number of esters is 1. The first kappa shape index (κ1) is 13.0. The van der Waals surface area contributed by atoms with Crippen LogP contribution in [0.4, 0.5) is 10.7 Å². The fraction of sp³-hybridized carbons (Fsp3) is 0.500. The molecule has 0 aliphatic rings. The number of carbonyl (C=O) groups excluding carboxylic acids is 2. The van der Waals surface area contributed by atoms with Gasteiger partial charge in [0.2, 0.25) is 5.95 Å². The number of carbonyl (C=O) groups is 2. The summed E-state index contributed by atoms with van der Waals surface area (Å²) in [5.41, 5.74) is 0.290. The maximum absolute atomic E-state index is 11.5. The Hall–Kier alpha value is -2.05. The number of hydrogen-bond donors (Lipinski definition) is 2. The summed E-state index contributed by atoms with van der Waals surface area (Å²) in [6.45, 7) is 4.34. The number of aromatic nitrogens is 2. The molecule has 0 aliphatic heterocycles. The van der Waals surface area contributed by atoms with Crippen LogP contribution in [0.25, 0.3) is 0 Å². The number of ether oxygens (including phenoxy) is 1. The molecule has 1 aromatic rings. The van der Waals surface area contributed by atoms with E-state index in [-0.39, 0.29) is 6.03 Å². The van der Waals surface area contributed by atoms with E-state index in [0.717, 1.165) is 0 Å². The highest BCUT2D eigenvalue weighted by Gasteiger charge is 2.15. The molecule has 0 fully saturated rings. The molecule has 7 heteroatoms. The van der Waals surface area contributed by atoms with Gasteiger partial charge in [-0.2, -0.15) is 0 Å². The molecule has 94 valence electrons. The van der Waals surface area contributed by atoms with Crippen LogP contribution in [-0.2, 0) is 11.8 Å². The molecule has 0 bridgehead atoms. The third-order valence-electron chi connectivity index (χ3n) is 2.04. The van der Waals surface area contributed by atoms with Crippen molar-refractivity contribution in [2.75, 3.05) is 18.5 Å². The van der Waals surface area contributed by atoms with Gasteiger partial charge >= 0.3 is 12.0 Å². The predicted molar refractivity (Wildman–Crippen MR) is 61.9 cm³/mol. The van der Waals surface area contributed by atoms with Crippen molar-refractivity contribution >= 4 is 17.9 Å². The number of rotatable bonds is 4. The lowest BCUT2D eigenvalue weighted by Crippen LogP contribution is -2.29. The topological polar surface area (TPSA) is 85.2 Å². The van der Waals surface area contributed by atoms with Crippen molar-refractivity contribution in [2.45, 2.75) is 13.8 Å². The molecule has 0 atom stereocenters. The first-order chi connectivity index (χ1) is 8.10. The van der Waals surface area contributed by atoms with Gasteiger partial charge in [-0.15, -0.1) is 0 Å². The van der Waals surface area contributed by atoms with Gasteiger partial charge in [0, 0.05) is 13.6 Å². The van der Waals surface area contributed by atoms with Gasteiger partial charge in [-0.3, -0.25) is 5.32 Å². The maximum Gasteiger partial charge on any atom is 0.356 e. The average molecular weight is 240 g/mol. The molecule has 0 aliphatic carbocycles. The third-order valence-corrected chi connectivity index (χ3v) is 2.04. The number of amides is 2. The number of imidazole rings is 1. The molecule has 7 nitrogen and oxygen atoms in total. The highest BCUT2D eigenvalue weighted by Crippen LogP contribution is 2.09. The van der Waals surface area contributed by atoms with E-state index < -0.39 is 5.97 Å². The molecular formula is C10H16N4O3. The average Bonchev–Trinajstić information content (AvgIpc) is 2.61. The largest absolute Gasteiger partial charge is 0.461 e. The smallest absolute Gasteiger partial charge is 0.356 e. The van der Waals surface area contributed by atoms with Gasteiger partial charge in [-0.1, -0.05) is 0 Å². The van der Waals surface area contributed by atoms with E-state index >= 15 is 0 Å². The zero-order chi connectivity index (χ0) is 12.8. The molecule has 0 saturated carbocycles. The summed E-state index contributed by atoms with van der Waals surface area (Å²) in [4.78, 5) is 26.7. The van der Waals surface area contributed by atoms with E-state index in [1.165, 1.54) is 10.8 Å². The molecule has 1 heterocycles. The zero-order valence-electron chi connectivity index (χ0n) is 10.1. The van der Waals surface area contributed by atoms with Crippen LogP contribution in [0.5, 0.6) is 0 Å². The van der Waals surface area contributed by atoms with Crippen LogP contribution in [0.2, 0.25) is 0 Å². The normalized spacial score (nSPS) is 9.82. The molecule has 0 aromatic carbocycles. The molecule has 0 saturated heterocycles. The van der Waals surface area contributed by atoms with Crippen molar-refractivity contribution in [3.05, 3.63) is 11.9 Å². The van der Waals surface area contributed by atoms with E-state index in [1.54, 1.807) is 14.0 Å². The summed E-state index contributed by atoms with van der Waals surface area (Å²) in [5.74, 6) is -0.176. The number of anilines is 1. The summed E-state index contributed by atoms with van der Waals surface area (Å²) in [7, 11) is 1.63. The monoisotopic (exact) mass is 240 g/mol. The summed E-state index contributed by atoms with van der Waals surface area (Å²) in [6.07, 6.45) is 1.36. The number of nitrogens with zero attached hydrogens (tertiary/aromatic N) is 2. The molecule has 0 radical (unpaired) electrons. The number of hydrogen-bond acceptors (Lipinski definition) is 4. The molecule has 1 aromatic heterocycles. The maximum atomic E-state index is 11.5. The molecule has 2 N–H and O–H groups in total. The summed E-state index contributed by atoms with van der Waals surface area (Å²) in [5, 5.41) is 5.09. The summed E-state index contributed by atoms with van der Waals surface area (Å²) < 4.78 is 6.31. The Bertz CT molecular complexity index is 414. The van der Waals surface area contributed by atoms with Crippen molar-refractivity contribution in [3.63, 3.8) is 0 Å². The van der Waals surface area contributed by atoms with Gasteiger partial charge < -0.3 is 14.6 Å². The lowest BCUT2D eigenvalue weighted by molar-refractivity contribution is 0.0515. The lowest BCUT2D eigenvalue weighted by Gasteiger charge is -2.07. The molecular weight excluding hydrogens is 224 g/mol. The Morgan fingerprint density at radius 1 is 1.47 bits per heavy atom. The molecule has 17 heavy (non-hydrogen) atoms. The van der Waals surface area contributed by atoms with Crippen LogP contribution in [0.1, 0.15) is 24.3 Å². The van der Waals surface area contributed by atoms with Crippen LogP contribution in [0, 0.1) is 0 Å². The first-order valence-corrected chi connectivity index (χ1v) is 5.33. The number of nitrogens with one attached hydrogen (secondary N) is 2. The van der Waals surface area contributed by atoms with E-state index in [4.69, 9.17) is 4.74 Å². The van der Waals surface area contributed by atoms with Crippen molar-refractivity contribution in [2.24, 2.45) is 7.05 Å². The Morgan fingerprint density at radius 3 is 2.76 bits per heavy atom. The highest BCUT2D eigenvalue weighted by atomic mass is 16.5. The van der Waals surface area contributed by atoms with Crippen molar-refractivity contribution in [1.29, 1.82) is 0 Å². The van der Waals surface area contributed by atoms with Crippen LogP contribution in [0.15, 0.2) is 6.20 Å². The minimum Gasteiger partial charge on any atom is -0.461 e. The van der Waals surface area contributed by atoms with E-state index in [1.807, 2.05) is 6.92 Å². The highest BCUT2D eigenvalue weighted by molar-refractivity contribution is 5.91. The fourth-order valence-electron chi connectivity index (χ4n) is 1.23. The molecule has 2 amide bonds. The van der Waals surface area contributed by atoms with Gasteiger partial charge in [-0.05, 0) is 13.8 Å².